The zero-order valence-electron chi connectivity index (χ0n) is 18.8. The fraction of sp³-hybridized carbons (Fsp3) is 0.154. The Morgan fingerprint density at radius 2 is 1.62 bits per heavy atom. The molecule has 2 amide bonds. The van der Waals surface area contributed by atoms with Crippen molar-refractivity contribution in [2.75, 3.05) is 19.5 Å². The fourth-order valence-corrected chi connectivity index (χ4v) is 3.66. The molecule has 0 aliphatic heterocycles. The number of carbonyl (C=O) groups excluding carboxylic acids is 1. The van der Waals surface area contributed by atoms with Gasteiger partial charge in [0.2, 0.25) is 0 Å². The Labute approximate surface area is 195 Å². The van der Waals surface area contributed by atoms with E-state index in [1.165, 1.54) is 31.3 Å². The highest BCUT2D eigenvalue weighted by Gasteiger charge is 2.19. The summed E-state index contributed by atoms with van der Waals surface area (Å²) in [6, 6.07) is 19.9. The molecule has 4 rings (SSSR count). The molecule has 0 aliphatic carbocycles. The molecule has 0 fully saturated rings. The number of ether oxygens (including phenoxy) is 2. The Balaban J connectivity index is 1.68. The summed E-state index contributed by atoms with van der Waals surface area (Å²) in [6.45, 7) is 0.235. The second-order valence-corrected chi connectivity index (χ2v) is 7.67. The second kappa shape index (κ2) is 10.1. The van der Waals surface area contributed by atoms with Gasteiger partial charge in [0.05, 0.1) is 32.0 Å². The first-order valence-corrected chi connectivity index (χ1v) is 10.6. The molecule has 0 radical (unpaired) electrons. The number of pyridine rings is 1. The number of amides is 2. The van der Waals surface area contributed by atoms with E-state index < -0.39 is 11.8 Å². The van der Waals surface area contributed by atoms with Crippen molar-refractivity contribution in [2.45, 2.75) is 13.1 Å². The van der Waals surface area contributed by atoms with Gasteiger partial charge in [-0.2, -0.15) is 0 Å². The van der Waals surface area contributed by atoms with Crippen molar-refractivity contribution in [2.24, 2.45) is 0 Å². The average molecular weight is 461 g/mol. The van der Waals surface area contributed by atoms with Crippen molar-refractivity contribution in [3.05, 3.63) is 100 Å². The van der Waals surface area contributed by atoms with Crippen LogP contribution in [0.15, 0.2) is 77.6 Å². The summed E-state index contributed by atoms with van der Waals surface area (Å²) in [6.07, 6.45) is 0. The minimum Gasteiger partial charge on any atom is -0.493 e. The molecule has 0 spiro atoms. The summed E-state index contributed by atoms with van der Waals surface area (Å²) in [4.78, 5) is 30.3. The Kier molecular flexibility index (Phi) is 6.77. The molecule has 174 valence electrons. The van der Waals surface area contributed by atoms with E-state index in [-0.39, 0.29) is 24.3 Å². The lowest BCUT2D eigenvalue weighted by atomic mass is 10.1. The number of methoxy groups -OCH3 is 2. The van der Waals surface area contributed by atoms with Gasteiger partial charge in [0.25, 0.3) is 5.56 Å². The van der Waals surface area contributed by atoms with Crippen LogP contribution in [0.3, 0.4) is 0 Å². The summed E-state index contributed by atoms with van der Waals surface area (Å²) in [5.41, 5.74) is 1.55. The molecule has 0 atom stereocenters. The van der Waals surface area contributed by atoms with Crippen LogP contribution in [-0.2, 0) is 13.1 Å². The van der Waals surface area contributed by atoms with Crippen LogP contribution in [-0.4, -0.2) is 30.1 Å². The lowest BCUT2D eigenvalue weighted by Crippen LogP contribution is -2.36. The van der Waals surface area contributed by atoms with Crippen LogP contribution in [0.1, 0.15) is 11.1 Å². The quantitative estimate of drug-likeness (QED) is 0.409. The maximum absolute atomic E-state index is 14.1. The monoisotopic (exact) mass is 461 g/mol. The number of halogens is 1. The topological polar surface area (TPSA) is 83.7 Å². The Morgan fingerprint density at radius 3 is 2.32 bits per heavy atom. The summed E-state index contributed by atoms with van der Waals surface area (Å²) in [7, 11) is 3.05. The van der Waals surface area contributed by atoms with Crippen molar-refractivity contribution in [3.8, 4) is 11.5 Å². The number of para-hydroxylation sites is 1. The molecular weight excluding hydrogens is 437 g/mol. The zero-order valence-corrected chi connectivity index (χ0v) is 18.8. The van der Waals surface area contributed by atoms with Gasteiger partial charge in [0, 0.05) is 23.6 Å². The van der Waals surface area contributed by atoms with Gasteiger partial charge in [-0.15, -0.1) is 0 Å². The van der Waals surface area contributed by atoms with E-state index in [0.717, 1.165) is 10.9 Å². The molecule has 2 N–H and O–H groups in total. The standard InChI is InChI=1S/C26H24FN3O4/c1-33-23-13-18-12-19(25(31)28-22(18)14-24(23)34-2)16-30(15-17-8-4-3-5-9-17)26(32)29-21-11-7-6-10-20(21)27/h3-14H,15-16H2,1-2H3,(H,28,31)(H,29,32). The highest BCUT2D eigenvalue weighted by atomic mass is 19.1. The number of H-pyrrole nitrogens is 1. The summed E-state index contributed by atoms with van der Waals surface area (Å²) < 4.78 is 24.8. The maximum atomic E-state index is 14.1. The predicted octanol–water partition coefficient (Wildman–Crippen LogP) is 4.92. The van der Waals surface area contributed by atoms with E-state index in [2.05, 4.69) is 10.3 Å². The molecule has 1 aromatic heterocycles. The number of carbonyl (C=O) groups is 1. The molecule has 3 aromatic carbocycles. The molecule has 4 aromatic rings. The van der Waals surface area contributed by atoms with Crippen LogP contribution in [0.25, 0.3) is 10.9 Å². The third kappa shape index (κ3) is 5.01. The zero-order chi connectivity index (χ0) is 24.1. The number of urea groups is 1. The highest BCUT2D eigenvalue weighted by Crippen LogP contribution is 2.31. The largest absolute Gasteiger partial charge is 0.493 e. The number of nitrogens with one attached hydrogen (secondary N) is 2. The van der Waals surface area contributed by atoms with Crippen molar-refractivity contribution < 1.29 is 18.7 Å². The molecule has 34 heavy (non-hydrogen) atoms. The summed E-state index contributed by atoms with van der Waals surface area (Å²) in [5, 5.41) is 3.33. The molecule has 0 bridgehead atoms. The fourth-order valence-electron chi connectivity index (χ4n) is 3.66. The number of fused-ring (bicyclic) bond motifs is 1. The van der Waals surface area contributed by atoms with E-state index in [9.17, 15) is 14.0 Å². The van der Waals surface area contributed by atoms with Gasteiger partial charge < -0.3 is 24.7 Å². The third-order valence-electron chi connectivity index (χ3n) is 5.41. The minimum absolute atomic E-state index is 0.00873. The Hall–Kier alpha value is -4.33. The lowest BCUT2D eigenvalue weighted by Gasteiger charge is -2.23. The number of benzene rings is 3. The number of rotatable bonds is 7. The number of aromatic nitrogens is 1. The number of hydrogen-bond donors (Lipinski definition) is 2. The van der Waals surface area contributed by atoms with E-state index in [0.29, 0.717) is 22.6 Å². The van der Waals surface area contributed by atoms with Gasteiger partial charge in [-0.1, -0.05) is 42.5 Å². The number of aromatic amines is 1. The van der Waals surface area contributed by atoms with E-state index in [4.69, 9.17) is 9.47 Å². The lowest BCUT2D eigenvalue weighted by molar-refractivity contribution is 0.206. The van der Waals surface area contributed by atoms with Crippen LogP contribution in [0, 0.1) is 5.82 Å². The van der Waals surface area contributed by atoms with Crippen molar-refractivity contribution in [3.63, 3.8) is 0 Å². The first kappa shape index (κ1) is 22.8. The molecule has 0 saturated carbocycles. The second-order valence-electron chi connectivity index (χ2n) is 7.67. The van der Waals surface area contributed by atoms with Gasteiger partial charge >= 0.3 is 6.03 Å². The Bertz CT molecular complexity index is 1370. The van der Waals surface area contributed by atoms with Crippen LogP contribution < -0.4 is 20.3 Å². The van der Waals surface area contributed by atoms with Gasteiger partial charge in [0.15, 0.2) is 11.5 Å². The van der Waals surface area contributed by atoms with E-state index in [1.807, 2.05) is 30.3 Å². The van der Waals surface area contributed by atoms with E-state index in [1.54, 1.807) is 30.3 Å². The van der Waals surface area contributed by atoms with Gasteiger partial charge in [-0.25, -0.2) is 9.18 Å². The molecule has 8 heteroatoms. The molecule has 0 aliphatic rings. The maximum Gasteiger partial charge on any atom is 0.322 e. The molecule has 7 nitrogen and oxygen atoms in total. The summed E-state index contributed by atoms with van der Waals surface area (Å²) >= 11 is 0. The molecule has 0 unspecified atom stereocenters. The number of hydrogen-bond acceptors (Lipinski definition) is 4. The smallest absolute Gasteiger partial charge is 0.322 e. The third-order valence-corrected chi connectivity index (χ3v) is 5.41. The molecule has 1 heterocycles. The summed E-state index contributed by atoms with van der Waals surface area (Å²) in [5.74, 6) is 0.472. The van der Waals surface area contributed by atoms with Crippen LogP contribution in [0.2, 0.25) is 0 Å². The van der Waals surface area contributed by atoms with Crippen LogP contribution >= 0.6 is 0 Å². The normalized spacial score (nSPS) is 10.7. The molecule has 0 saturated heterocycles. The van der Waals surface area contributed by atoms with Gasteiger partial charge in [-0.05, 0) is 29.8 Å². The Morgan fingerprint density at radius 1 is 0.941 bits per heavy atom. The average Bonchev–Trinajstić information content (AvgIpc) is 2.85. The first-order chi connectivity index (χ1) is 16.5. The van der Waals surface area contributed by atoms with Crippen molar-refractivity contribution in [1.29, 1.82) is 0 Å². The minimum atomic E-state index is -0.542. The predicted molar refractivity (Wildman–Crippen MR) is 129 cm³/mol. The van der Waals surface area contributed by atoms with Crippen LogP contribution in [0.4, 0.5) is 14.9 Å². The number of anilines is 1. The first-order valence-electron chi connectivity index (χ1n) is 10.6. The molecular formula is C26H24FN3O4. The number of nitrogens with zero attached hydrogens (tertiary/aromatic N) is 1. The van der Waals surface area contributed by atoms with Gasteiger partial charge in [0.1, 0.15) is 5.82 Å². The van der Waals surface area contributed by atoms with Crippen molar-refractivity contribution in [1.82, 2.24) is 9.88 Å². The van der Waals surface area contributed by atoms with Crippen LogP contribution in [0.5, 0.6) is 11.5 Å². The van der Waals surface area contributed by atoms with E-state index >= 15 is 0 Å². The SMILES string of the molecule is COc1cc2cc(CN(Cc3ccccc3)C(=O)Nc3ccccc3F)c(=O)[nH]c2cc1OC. The van der Waals surface area contributed by atoms with Crippen molar-refractivity contribution >= 4 is 22.6 Å². The van der Waals surface area contributed by atoms with Gasteiger partial charge in [-0.3, -0.25) is 4.79 Å². The highest BCUT2D eigenvalue weighted by molar-refractivity contribution is 5.89.